The zero-order valence-electron chi connectivity index (χ0n) is 8.45. The fourth-order valence-electron chi connectivity index (χ4n) is 1.67. The van der Waals surface area contributed by atoms with Crippen LogP contribution in [-0.4, -0.2) is 12.5 Å². The Kier molecular flexibility index (Phi) is 1.77. The molecular weight excluding hydrogens is 176 g/mol. The van der Waals surface area contributed by atoms with Gasteiger partial charge in [0.2, 0.25) is 5.91 Å². The van der Waals surface area contributed by atoms with Crippen LogP contribution in [0.2, 0.25) is 0 Å². The average molecular weight is 190 g/mol. The van der Waals surface area contributed by atoms with Gasteiger partial charge in [-0.1, -0.05) is 0 Å². The molecule has 0 aromatic heterocycles. The van der Waals surface area contributed by atoms with Crippen LogP contribution in [0.5, 0.6) is 0 Å². The molecule has 74 valence electrons. The fraction of sp³-hybridized carbons (Fsp3) is 0.364. The van der Waals surface area contributed by atoms with E-state index >= 15 is 0 Å². The van der Waals surface area contributed by atoms with E-state index in [1.165, 1.54) is 0 Å². The van der Waals surface area contributed by atoms with Crippen molar-refractivity contribution in [1.82, 2.24) is 0 Å². The number of anilines is 2. The van der Waals surface area contributed by atoms with E-state index in [0.29, 0.717) is 0 Å². The highest BCUT2D eigenvalue weighted by Crippen LogP contribution is 2.35. The molecule has 0 bridgehead atoms. The minimum atomic E-state index is -0.193. The number of nitrogen functional groups attached to an aromatic ring is 1. The van der Waals surface area contributed by atoms with Gasteiger partial charge in [0.15, 0.2) is 0 Å². The monoisotopic (exact) mass is 190 g/mol. The molecule has 1 aromatic rings. The number of nitrogens with two attached hydrogens (primary N) is 1. The van der Waals surface area contributed by atoms with Crippen LogP contribution in [-0.2, 0) is 4.79 Å². The first-order chi connectivity index (χ1) is 6.50. The molecule has 2 rings (SSSR count). The average Bonchev–Trinajstić information content (AvgIpc) is 2.16. The maximum Gasteiger partial charge on any atom is 0.234 e. The Labute approximate surface area is 83.5 Å². The van der Waals surface area contributed by atoms with Crippen molar-refractivity contribution in [2.24, 2.45) is 5.41 Å². The van der Waals surface area contributed by atoms with Crippen molar-refractivity contribution in [3.8, 4) is 0 Å². The highest BCUT2D eigenvalue weighted by molar-refractivity contribution is 6.03. The molecule has 0 atom stereocenters. The molecule has 2 N–H and O–H groups in total. The van der Waals surface area contributed by atoms with Gasteiger partial charge in [-0.15, -0.1) is 0 Å². The first-order valence-corrected chi connectivity index (χ1v) is 4.68. The quantitative estimate of drug-likeness (QED) is 0.540. The van der Waals surface area contributed by atoms with Crippen molar-refractivity contribution in [2.45, 2.75) is 13.8 Å². The Balaban J connectivity index is 2.20. The normalized spacial score (nSPS) is 19.3. The van der Waals surface area contributed by atoms with Crippen LogP contribution in [0.25, 0.3) is 0 Å². The van der Waals surface area contributed by atoms with E-state index in [-0.39, 0.29) is 11.3 Å². The second-order valence-corrected chi connectivity index (χ2v) is 4.37. The summed E-state index contributed by atoms with van der Waals surface area (Å²) >= 11 is 0. The van der Waals surface area contributed by atoms with Crippen LogP contribution in [0.1, 0.15) is 13.8 Å². The number of rotatable bonds is 1. The molecule has 1 saturated heterocycles. The second kappa shape index (κ2) is 2.74. The van der Waals surface area contributed by atoms with Crippen LogP contribution < -0.4 is 10.6 Å². The molecule has 0 radical (unpaired) electrons. The minimum absolute atomic E-state index is 0.183. The van der Waals surface area contributed by atoms with E-state index < -0.39 is 0 Å². The van der Waals surface area contributed by atoms with Crippen molar-refractivity contribution >= 4 is 17.3 Å². The van der Waals surface area contributed by atoms with Gasteiger partial charge in [0.05, 0.1) is 5.41 Å². The zero-order chi connectivity index (χ0) is 10.3. The Morgan fingerprint density at radius 2 is 1.86 bits per heavy atom. The van der Waals surface area contributed by atoms with E-state index in [2.05, 4.69) is 0 Å². The molecule has 0 aliphatic carbocycles. The molecule has 1 heterocycles. The van der Waals surface area contributed by atoms with Gasteiger partial charge < -0.3 is 10.6 Å². The lowest BCUT2D eigenvalue weighted by atomic mass is 9.83. The molecule has 1 amide bonds. The van der Waals surface area contributed by atoms with Crippen LogP contribution in [0, 0.1) is 5.41 Å². The van der Waals surface area contributed by atoms with Gasteiger partial charge in [0, 0.05) is 17.9 Å². The standard InChI is InChI=1S/C11H14N2O/c1-11(2)7-13(10(11)14)9-5-3-8(12)4-6-9/h3-6H,7,12H2,1-2H3. The molecule has 1 fully saturated rings. The second-order valence-electron chi connectivity index (χ2n) is 4.37. The summed E-state index contributed by atoms with van der Waals surface area (Å²) in [5, 5.41) is 0. The van der Waals surface area contributed by atoms with Gasteiger partial charge in [-0.05, 0) is 38.1 Å². The summed E-state index contributed by atoms with van der Waals surface area (Å²) in [6, 6.07) is 7.38. The Morgan fingerprint density at radius 1 is 1.29 bits per heavy atom. The van der Waals surface area contributed by atoms with Crippen LogP contribution in [0.15, 0.2) is 24.3 Å². The molecule has 1 aromatic carbocycles. The Morgan fingerprint density at radius 3 is 2.29 bits per heavy atom. The zero-order valence-corrected chi connectivity index (χ0v) is 8.45. The summed E-state index contributed by atoms with van der Waals surface area (Å²) in [5.41, 5.74) is 7.03. The maximum atomic E-state index is 11.7. The third kappa shape index (κ3) is 1.25. The highest BCUT2D eigenvalue weighted by Gasteiger charge is 2.44. The van der Waals surface area contributed by atoms with Crippen molar-refractivity contribution in [2.75, 3.05) is 17.2 Å². The summed E-state index contributed by atoms with van der Waals surface area (Å²) in [6.45, 7) is 4.71. The molecular formula is C11H14N2O. The number of benzene rings is 1. The number of hydrogen-bond donors (Lipinski definition) is 1. The van der Waals surface area contributed by atoms with Crippen molar-refractivity contribution in [3.05, 3.63) is 24.3 Å². The Bertz CT molecular complexity index is 367. The summed E-state index contributed by atoms with van der Waals surface area (Å²) in [4.78, 5) is 13.4. The van der Waals surface area contributed by atoms with E-state index in [4.69, 9.17) is 5.73 Å². The molecule has 0 unspecified atom stereocenters. The predicted molar refractivity (Wildman–Crippen MR) is 57.0 cm³/mol. The van der Waals surface area contributed by atoms with Crippen molar-refractivity contribution in [1.29, 1.82) is 0 Å². The number of amides is 1. The number of nitrogens with zero attached hydrogens (tertiary/aromatic N) is 1. The number of β-lactam (4-membered cyclic amide) rings is 1. The van der Waals surface area contributed by atoms with E-state index in [9.17, 15) is 4.79 Å². The van der Waals surface area contributed by atoms with Crippen LogP contribution >= 0.6 is 0 Å². The van der Waals surface area contributed by atoms with Crippen LogP contribution in [0.3, 0.4) is 0 Å². The molecule has 1 aliphatic heterocycles. The van der Waals surface area contributed by atoms with Gasteiger partial charge in [-0.25, -0.2) is 0 Å². The van der Waals surface area contributed by atoms with E-state index in [1.807, 2.05) is 38.1 Å². The molecule has 3 heteroatoms. The van der Waals surface area contributed by atoms with Crippen molar-refractivity contribution in [3.63, 3.8) is 0 Å². The maximum absolute atomic E-state index is 11.7. The number of carbonyl (C=O) groups is 1. The van der Waals surface area contributed by atoms with Gasteiger partial charge in [0.1, 0.15) is 0 Å². The molecule has 0 saturated carbocycles. The Hall–Kier alpha value is -1.51. The van der Waals surface area contributed by atoms with E-state index in [0.717, 1.165) is 17.9 Å². The summed E-state index contributed by atoms with van der Waals surface area (Å²) < 4.78 is 0. The first-order valence-electron chi connectivity index (χ1n) is 4.68. The largest absolute Gasteiger partial charge is 0.399 e. The molecule has 3 nitrogen and oxygen atoms in total. The lowest BCUT2D eigenvalue weighted by Gasteiger charge is -2.44. The molecule has 0 spiro atoms. The van der Waals surface area contributed by atoms with Gasteiger partial charge in [-0.3, -0.25) is 4.79 Å². The van der Waals surface area contributed by atoms with Gasteiger partial charge in [0.25, 0.3) is 0 Å². The summed E-state index contributed by atoms with van der Waals surface area (Å²) in [7, 11) is 0. The molecule has 1 aliphatic rings. The summed E-state index contributed by atoms with van der Waals surface area (Å²) in [5.74, 6) is 0.183. The highest BCUT2D eigenvalue weighted by atomic mass is 16.2. The third-order valence-corrected chi connectivity index (χ3v) is 2.58. The van der Waals surface area contributed by atoms with Gasteiger partial charge in [-0.2, -0.15) is 0 Å². The first kappa shape index (κ1) is 9.06. The topological polar surface area (TPSA) is 46.3 Å². The van der Waals surface area contributed by atoms with Crippen molar-refractivity contribution < 1.29 is 4.79 Å². The van der Waals surface area contributed by atoms with Crippen LogP contribution in [0.4, 0.5) is 11.4 Å². The number of hydrogen-bond acceptors (Lipinski definition) is 2. The lowest BCUT2D eigenvalue weighted by molar-refractivity contribution is -0.132. The van der Waals surface area contributed by atoms with E-state index in [1.54, 1.807) is 4.90 Å². The molecule has 14 heavy (non-hydrogen) atoms. The predicted octanol–water partition coefficient (Wildman–Crippen LogP) is 1.64. The minimum Gasteiger partial charge on any atom is -0.399 e. The third-order valence-electron chi connectivity index (χ3n) is 2.58. The SMILES string of the molecule is CC1(C)CN(c2ccc(N)cc2)C1=O. The smallest absolute Gasteiger partial charge is 0.234 e. The summed E-state index contributed by atoms with van der Waals surface area (Å²) in [6.07, 6.45) is 0. The van der Waals surface area contributed by atoms with Gasteiger partial charge >= 0.3 is 0 Å². The number of carbonyl (C=O) groups excluding carboxylic acids is 1. The lowest BCUT2D eigenvalue weighted by Crippen LogP contribution is -2.58. The fourth-order valence-corrected chi connectivity index (χ4v) is 1.67.